The Bertz CT molecular complexity index is 986. The van der Waals surface area contributed by atoms with Gasteiger partial charge in [0.05, 0.1) is 18.4 Å². The van der Waals surface area contributed by atoms with Gasteiger partial charge in [-0.05, 0) is 57.9 Å². The van der Waals surface area contributed by atoms with E-state index in [9.17, 15) is 22.5 Å². The minimum atomic E-state index is -4.79. The number of esters is 1. The Balaban J connectivity index is 2.64. The predicted octanol–water partition coefficient (Wildman–Crippen LogP) is 6.29. The lowest BCUT2D eigenvalue weighted by molar-refractivity contribution is -0.138. The van der Waals surface area contributed by atoms with Crippen molar-refractivity contribution < 1.29 is 32.0 Å². The van der Waals surface area contributed by atoms with E-state index in [4.69, 9.17) is 9.47 Å². The summed E-state index contributed by atoms with van der Waals surface area (Å²) in [6.45, 7) is 8.33. The van der Waals surface area contributed by atoms with Crippen LogP contribution in [0.3, 0.4) is 0 Å². The van der Waals surface area contributed by atoms with Gasteiger partial charge in [0.25, 0.3) is 0 Å². The molecule has 1 atom stereocenters. The Morgan fingerprint density at radius 1 is 1.18 bits per heavy atom. The van der Waals surface area contributed by atoms with Crippen LogP contribution in [0.1, 0.15) is 67.6 Å². The Labute approximate surface area is 195 Å². The van der Waals surface area contributed by atoms with Gasteiger partial charge in [0.2, 0.25) is 0 Å². The van der Waals surface area contributed by atoms with Gasteiger partial charge in [0, 0.05) is 5.56 Å². The van der Waals surface area contributed by atoms with Gasteiger partial charge in [-0.1, -0.05) is 35.9 Å². The molecule has 2 aromatic carbocycles. The number of rotatable bonds is 8. The van der Waals surface area contributed by atoms with Gasteiger partial charge in [-0.2, -0.15) is 13.2 Å². The minimum absolute atomic E-state index is 0.0436. The number of carbonyl (C=O) groups is 1. The first kappa shape index (κ1) is 26.7. The molecule has 0 radical (unpaired) electrons. The van der Waals surface area contributed by atoms with Crippen LogP contribution in [0, 0.1) is 6.92 Å². The predicted molar refractivity (Wildman–Crippen MR) is 123 cm³/mol. The Morgan fingerprint density at radius 3 is 2.36 bits per heavy atom. The number of carbonyl (C=O) groups excluding carboxylic acids is 1. The van der Waals surface area contributed by atoms with Crippen molar-refractivity contribution in [2.24, 2.45) is 4.40 Å². The van der Waals surface area contributed by atoms with Gasteiger partial charge in [0.15, 0.2) is 0 Å². The molecule has 0 spiro atoms. The number of halogens is 3. The van der Waals surface area contributed by atoms with Crippen molar-refractivity contribution >= 4 is 23.5 Å². The first-order valence-electron chi connectivity index (χ1n) is 10.5. The van der Waals surface area contributed by atoms with Crippen LogP contribution in [-0.4, -0.2) is 28.1 Å². The molecule has 0 aromatic heterocycles. The van der Waals surface area contributed by atoms with Crippen molar-refractivity contribution in [2.45, 2.75) is 58.4 Å². The molecule has 0 bridgehead atoms. The van der Waals surface area contributed by atoms with Gasteiger partial charge in [0.1, 0.15) is 33.2 Å². The maximum Gasteiger partial charge on any atom is 0.417 e. The van der Waals surface area contributed by atoms with Crippen molar-refractivity contribution in [1.29, 1.82) is 0 Å². The molecule has 0 amide bonds. The largest absolute Gasteiger partial charge is 0.591 e. The van der Waals surface area contributed by atoms with Crippen LogP contribution in [0.15, 0.2) is 40.8 Å². The highest BCUT2D eigenvalue weighted by molar-refractivity contribution is 7.91. The molecule has 2 aromatic rings. The molecule has 0 N–H and O–H groups in total. The number of nitrogens with zero attached hydrogens (tertiary/aromatic N) is 1. The fraction of sp³-hybridized carbons (Fsp3) is 0.417. The Kier molecular flexibility index (Phi) is 8.97. The number of hydrogen-bond acceptors (Lipinski definition) is 5. The zero-order chi connectivity index (χ0) is 24.8. The number of hydrogen-bond donors (Lipinski definition) is 0. The van der Waals surface area contributed by atoms with E-state index < -0.39 is 33.8 Å². The summed E-state index contributed by atoms with van der Waals surface area (Å²) < 4.78 is 68.5. The monoisotopic (exact) mass is 483 g/mol. The van der Waals surface area contributed by atoms with Gasteiger partial charge in [-0.15, -0.1) is 0 Å². The van der Waals surface area contributed by atoms with E-state index in [0.29, 0.717) is 6.42 Å². The van der Waals surface area contributed by atoms with E-state index in [-0.39, 0.29) is 34.8 Å². The fourth-order valence-corrected chi connectivity index (χ4v) is 3.42. The van der Waals surface area contributed by atoms with E-state index >= 15 is 0 Å². The van der Waals surface area contributed by atoms with Gasteiger partial charge in [-0.25, -0.2) is 4.79 Å². The summed E-state index contributed by atoms with van der Waals surface area (Å²) in [5, 5.41) is 0. The van der Waals surface area contributed by atoms with Gasteiger partial charge in [-0.3, -0.25) is 0 Å². The van der Waals surface area contributed by atoms with E-state index in [2.05, 4.69) is 4.40 Å². The number of para-hydroxylation sites is 1. The van der Waals surface area contributed by atoms with E-state index in [0.717, 1.165) is 18.7 Å². The molecule has 0 aliphatic carbocycles. The van der Waals surface area contributed by atoms with Crippen LogP contribution in [-0.2, 0) is 17.5 Å². The average Bonchev–Trinajstić information content (AvgIpc) is 2.70. The molecule has 33 heavy (non-hydrogen) atoms. The third-order valence-electron chi connectivity index (χ3n) is 4.58. The Hall–Kier alpha value is -2.52. The highest BCUT2D eigenvalue weighted by Crippen LogP contribution is 2.39. The van der Waals surface area contributed by atoms with Crippen molar-refractivity contribution in [3.63, 3.8) is 0 Å². The second-order valence-electron chi connectivity index (χ2n) is 8.34. The number of unbranched alkanes of at least 4 members (excludes halogenated alkanes) is 1. The molecule has 0 saturated carbocycles. The second-order valence-corrected chi connectivity index (χ2v) is 10.3. The van der Waals surface area contributed by atoms with Crippen LogP contribution >= 0.6 is 0 Å². The fourth-order valence-electron chi connectivity index (χ4n) is 2.89. The van der Waals surface area contributed by atoms with Crippen molar-refractivity contribution in [3.8, 4) is 11.5 Å². The van der Waals surface area contributed by atoms with Crippen LogP contribution in [0.25, 0.3) is 0 Å². The number of ether oxygens (including phenoxy) is 2. The van der Waals surface area contributed by atoms with Crippen molar-refractivity contribution in [3.05, 3.63) is 58.7 Å². The van der Waals surface area contributed by atoms with Crippen LogP contribution in [0.2, 0.25) is 0 Å². The molecule has 0 saturated heterocycles. The van der Waals surface area contributed by atoms with E-state index in [1.165, 1.54) is 19.1 Å². The molecule has 9 heteroatoms. The smallest absolute Gasteiger partial charge is 0.417 e. The summed E-state index contributed by atoms with van der Waals surface area (Å²) in [4.78, 5) is 12.9. The molecule has 5 nitrogen and oxygen atoms in total. The van der Waals surface area contributed by atoms with E-state index in [1.54, 1.807) is 39.0 Å². The summed E-state index contributed by atoms with van der Waals surface area (Å²) >= 11 is -1.76. The van der Waals surface area contributed by atoms with E-state index in [1.807, 2.05) is 6.92 Å². The molecule has 0 aliphatic heterocycles. The van der Waals surface area contributed by atoms with Crippen molar-refractivity contribution in [1.82, 2.24) is 0 Å². The topological polar surface area (TPSA) is 71.0 Å². The molecule has 0 heterocycles. The molecule has 180 valence electrons. The molecule has 0 fully saturated rings. The van der Waals surface area contributed by atoms with Crippen molar-refractivity contribution in [2.75, 3.05) is 6.61 Å². The molecular formula is C24H28F3NO4S. The highest BCUT2D eigenvalue weighted by Gasteiger charge is 2.39. The first-order chi connectivity index (χ1) is 15.4. The lowest BCUT2D eigenvalue weighted by Crippen LogP contribution is -2.26. The molecule has 0 unspecified atom stereocenters. The summed E-state index contributed by atoms with van der Waals surface area (Å²) in [6.07, 6.45) is -2.43. The van der Waals surface area contributed by atoms with Gasteiger partial charge >= 0.3 is 12.1 Å². The third-order valence-corrected chi connectivity index (χ3v) is 5.92. The maximum absolute atomic E-state index is 14.0. The average molecular weight is 484 g/mol. The quantitative estimate of drug-likeness (QED) is 0.145. The van der Waals surface area contributed by atoms with Crippen LogP contribution < -0.4 is 9.47 Å². The normalized spacial score (nSPS) is 13.2. The Morgan fingerprint density at radius 2 is 1.82 bits per heavy atom. The summed E-state index contributed by atoms with van der Waals surface area (Å²) in [5.41, 5.74) is -2.04. The number of benzene rings is 2. The number of alkyl halides is 3. The molecular weight excluding hydrogens is 455 g/mol. The second kappa shape index (κ2) is 11.1. The lowest BCUT2D eigenvalue weighted by Gasteiger charge is -2.21. The maximum atomic E-state index is 14.0. The minimum Gasteiger partial charge on any atom is -0.591 e. The summed E-state index contributed by atoms with van der Waals surface area (Å²) in [5.74, 6) is -0.809. The SMILES string of the molecule is CCCCOc1cc(/C=N/[S@@+]([O-])C(C)(C)C)c(C(F)(F)F)c(C)c1C(=O)Oc1ccccc1. The zero-order valence-electron chi connectivity index (χ0n) is 19.3. The lowest BCUT2D eigenvalue weighted by atomic mass is 9.95. The highest BCUT2D eigenvalue weighted by atomic mass is 32.2. The molecule has 0 aliphatic rings. The summed E-state index contributed by atoms with van der Waals surface area (Å²) in [6, 6.07) is 9.17. The van der Waals surface area contributed by atoms with Crippen LogP contribution in [0.5, 0.6) is 11.5 Å². The zero-order valence-corrected chi connectivity index (χ0v) is 20.1. The first-order valence-corrected chi connectivity index (χ1v) is 11.6. The molecule has 2 rings (SSSR count). The third kappa shape index (κ3) is 7.23. The standard InChI is InChI=1S/C24H28F3NO4S/c1-6-7-13-31-19-14-17(15-28-33(30)23(3,4)5)21(24(25,26)27)16(2)20(19)22(29)32-18-11-9-8-10-12-18/h8-12,14-15H,6-7,13H2,1-5H3/b28-15+/t33-/m0/s1. The summed E-state index contributed by atoms with van der Waals surface area (Å²) in [7, 11) is 0. The van der Waals surface area contributed by atoms with Crippen LogP contribution in [0.4, 0.5) is 13.2 Å². The van der Waals surface area contributed by atoms with Gasteiger partial charge < -0.3 is 14.0 Å².